The molecule has 20 heavy (non-hydrogen) atoms. The van der Waals surface area contributed by atoms with Gasteiger partial charge in [-0.05, 0) is 34.5 Å². The van der Waals surface area contributed by atoms with Crippen LogP contribution in [0.25, 0.3) is 0 Å². The summed E-state index contributed by atoms with van der Waals surface area (Å²) in [4.78, 5) is 4.37. The monoisotopic (exact) mass is 342 g/mol. The van der Waals surface area contributed by atoms with Gasteiger partial charge in [-0.2, -0.15) is 0 Å². The molecule has 0 aromatic carbocycles. The second-order valence-electron chi connectivity index (χ2n) is 5.27. The lowest BCUT2D eigenvalue weighted by Gasteiger charge is -2.31. The lowest BCUT2D eigenvalue weighted by Crippen LogP contribution is -2.38. The molecule has 3 heterocycles. The van der Waals surface area contributed by atoms with Gasteiger partial charge in [-0.15, -0.1) is 0 Å². The number of aromatic nitrogens is 1. The van der Waals surface area contributed by atoms with E-state index < -0.39 is 5.79 Å². The van der Waals surface area contributed by atoms with Crippen molar-refractivity contribution >= 4 is 21.7 Å². The molecule has 1 N–H and O–H groups in total. The van der Waals surface area contributed by atoms with Gasteiger partial charge in [0.1, 0.15) is 11.9 Å². The van der Waals surface area contributed by atoms with Crippen molar-refractivity contribution in [3.63, 3.8) is 0 Å². The van der Waals surface area contributed by atoms with E-state index in [0.29, 0.717) is 26.4 Å². The van der Waals surface area contributed by atoms with E-state index in [1.165, 1.54) is 0 Å². The first kappa shape index (κ1) is 14.3. The first-order chi connectivity index (χ1) is 9.67. The number of nitrogens with one attached hydrogen (secondary N) is 1. The summed E-state index contributed by atoms with van der Waals surface area (Å²) in [5.74, 6) is 0.483. The van der Waals surface area contributed by atoms with Gasteiger partial charge in [-0.3, -0.25) is 0 Å². The molecular weight excluding hydrogens is 324 g/mol. The third-order valence-corrected chi connectivity index (χ3v) is 4.14. The molecule has 2 saturated heterocycles. The van der Waals surface area contributed by atoms with Crippen LogP contribution in [0.4, 0.5) is 5.82 Å². The van der Waals surface area contributed by atoms with Gasteiger partial charge in [0.25, 0.3) is 0 Å². The summed E-state index contributed by atoms with van der Waals surface area (Å²) < 4.78 is 18.3. The lowest BCUT2D eigenvalue weighted by atomic mass is 10.1. The Balaban J connectivity index is 1.54. The average Bonchev–Trinajstić information content (AvgIpc) is 2.82. The maximum absolute atomic E-state index is 6.07. The SMILES string of the molecule is Cc1cc(Br)cnc1NCC1COC2(CCOCC2)O1. The number of ether oxygens (including phenoxy) is 3. The van der Waals surface area contributed by atoms with Crippen LogP contribution >= 0.6 is 15.9 Å². The fraction of sp³-hybridized carbons (Fsp3) is 0.643. The largest absolute Gasteiger partial charge is 0.381 e. The summed E-state index contributed by atoms with van der Waals surface area (Å²) >= 11 is 3.41. The molecule has 0 radical (unpaired) electrons. The van der Waals surface area contributed by atoms with Crippen molar-refractivity contribution in [1.82, 2.24) is 4.98 Å². The molecule has 5 nitrogen and oxygen atoms in total. The molecule has 0 saturated carbocycles. The first-order valence-electron chi connectivity index (χ1n) is 6.92. The maximum atomic E-state index is 6.07. The summed E-state index contributed by atoms with van der Waals surface area (Å²) in [5.41, 5.74) is 1.11. The minimum Gasteiger partial charge on any atom is -0.381 e. The van der Waals surface area contributed by atoms with E-state index in [-0.39, 0.29) is 6.10 Å². The molecule has 110 valence electrons. The normalized spacial score (nSPS) is 25.0. The Morgan fingerprint density at radius 1 is 1.45 bits per heavy atom. The number of anilines is 1. The Morgan fingerprint density at radius 3 is 3.00 bits per heavy atom. The molecule has 1 aromatic heterocycles. The van der Waals surface area contributed by atoms with E-state index in [4.69, 9.17) is 14.2 Å². The summed E-state index contributed by atoms with van der Waals surface area (Å²) in [6, 6.07) is 2.04. The van der Waals surface area contributed by atoms with E-state index in [9.17, 15) is 0 Å². The predicted octanol–water partition coefficient (Wildman–Crippen LogP) is 2.49. The third-order valence-electron chi connectivity index (χ3n) is 3.71. The van der Waals surface area contributed by atoms with Gasteiger partial charge in [0.15, 0.2) is 5.79 Å². The first-order valence-corrected chi connectivity index (χ1v) is 7.72. The van der Waals surface area contributed by atoms with Gasteiger partial charge in [-0.25, -0.2) is 4.98 Å². The molecule has 2 aliphatic rings. The Kier molecular flexibility index (Phi) is 4.26. The van der Waals surface area contributed by atoms with Crippen LogP contribution in [0.3, 0.4) is 0 Å². The average molecular weight is 343 g/mol. The molecule has 1 aromatic rings. The summed E-state index contributed by atoms with van der Waals surface area (Å²) in [7, 11) is 0. The van der Waals surface area contributed by atoms with E-state index in [2.05, 4.69) is 26.2 Å². The second kappa shape index (κ2) is 5.97. The molecule has 1 unspecified atom stereocenters. The van der Waals surface area contributed by atoms with Crippen LogP contribution < -0.4 is 5.32 Å². The van der Waals surface area contributed by atoms with Crippen LogP contribution in [0.15, 0.2) is 16.7 Å². The number of nitrogens with zero attached hydrogens (tertiary/aromatic N) is 1. The van der Waals surface area contributed by atoms with Gasteiger partial charge >= 0.3 is 0 Å². The minimum atomic E-state index is -0.410. The van der Waals surface area contributed by atoms with Gasteiger partial charge in [0.2, 0.25) is 0 Å². The highest BCUT2D eigenvalue weighted by atomic mass is 79.9. The Labute approximate surface area is 127 Å². The predicted molar refractivity (Wildman–Crippen MR) is 78.8 cm³/mol. The van der Waals surface area contributed by atoms with E-state index in [1.807, 2.05) is 13.0 Å². The fourth-order valence-corrected chi connectivity index (χ4v) is 3.04. The van der Waals surface area contributed by atoms with Crippen molar-refractivity contribution in [3.05, 3.63) is 22.3 Å². The molecule has 1 atom stereocenters. The van der Waals surface area contributed by atoms with Crippen LogP contribution in [-0.4, -0.2) is 43.2 Å². The number of halogens is 1. The summed E-state index contributed by atoms with van der Waals surface area (Å²) in [5, 5.41) is 3.34. The van der Waals surface area contributed by atoms with Crippen molar-refractivity contribution in [2.45, 2.75) is 31.7 Å². The summed E-state index contributed by atoms with van der Waals surface area (Å²) in [6.45, 7) is 4.80. The zero-order valence-electron chi connectivity index (χ0n) is 11.5. The molecule has 2 aliphatic heterocycles. The van der Waals surface area contributed by atoms with Crippen LogP contribution in [0.1, 0.15) is 18.4 Å². The highest BCUT2D eigenvalue weighted by Crippen LogP contribution is 2.33. The fourth-order valence-electron chi connectivity index (χ4n) is 2.60. The molecule has 2 fully saturated rings. The zero-order chi connectivity index (χ0) is 14.0. The van der Waals surface area contributed by atoms with Crippen molar-refractivity contribution in [2.24, 2.45) is 0 Å². The van der Waals surface area contributed by atoms with E-state index >= 15 is 0 Å². The molecule has 0 bridgehead atoms. The van der Waals surface area contributed by atoms with Crippen molar-refractivity contribution in [3.8, 4) is 0 Å². The second-order valence-corrected chi connectivity index (χ2v) is 6.19. The molecule has 1 spiro atoms. The van der Waals surface area contributed by atoms with Crippen molar-refractivity contribution in [1.29, 1.82) is 0 Å². The van der Waals surface area contributed by atoms with Gasteiger partial charge < -0.3 is 19.5 Å². The molecule has 0 aliphatic carbocycles. The molecule has 0 amide bonds. The number of aryl methyl sites for hydroxylation is 1. The van der Waals surface area contributed by atoms with E-state index in [1.54, 1.807) is 6.20 Å². The topological polar surface area (TPSA) is 52.6 Å². The number of hydrogen-bond donors (Lipinski definition) is 1. The smallest absolute Gasteiger partial charge is 0.173 e. The summed E-state index contributed by atoms with van der Waals surface area (Å²) in [6.07, 6.45) is 3.50. The third kappa shape index (κ3) is 3.14. The van der Waals surface area contributed by atoms with Crippen LogP contribution in [0, 0.1) is 6.92 Å². The molecule has 6 heteroatoms. The standard InChI is InChI=1S/C14H19BrN2O3/c1-10-6-11(15)7-16-13(10)17-8-12-9-19-14(20-12)2-4-18-5-3-14/h6-7,12H,2-5,8-9H2,1H3,(H,16,17). The Morgan fingerprint density at radius 2 is 2.25 bits per heavy atom. The Hall–Kier alpha value is -0.690. The zero-order valence-corrected chi connectivity index (χ0v) is 13.1. The van der Waals surface area contributed by atoms with Crippen LogP contribution in [0.2, 0.25) is 0 Å². The highest BCUT2D eigenvalue weighted by Gasteiger charge is 2.42. The molecule has 3 rings (SSSR count). The van der Waals surface area contributed by atoms with Gasteiger partial charge in [0, 0.05) is 30.1 Å². The lowest BCUT2D eigenvalue weighted by molar-refractivity contribution is -0.209. The number of pyridine rings is 1. The molecular formula is C14H19BrN2O3. The quantitative estimate of drug-likeness (QED) is 0.914. The highest BCUT2D eigenvalue weighted by molar-refractivity contribution is 9.10. The van der Waals surface area contributed by atoms with Crippen molar-refractivity contribution < 1.29 is 14.2 Å². The Bertz CT molecular complexity index is 477. The van der Waals surface area contributed by atoms with Crippen molar-refractivity contribution in [2.75, 3.05) is 31.7 Å². The maximum Gasteiger partial charge on any atom is 0.173 e. The number of hydrogen-bond acceptors (Lipinski definition) is 5. The number of rotatable bonds is 3. The van der Waals surface area contributed by atoms with Gasteiger partial charge in [0.05, 0.1) is 19.8 Å². The van der Waals surface area contributed by atoms with E-state index in [0.717, 1.165) is 28.7 Å². The minimum absolute atomic E-state index is 0.0675. The van der Waals surface area contributed by atoms with Crippen LogP contribution in [0.5, 0.6) is 0 Å². The van der Waals surface area contributed by atoms with Gasteiger partial charge in [-0.1, -0.05) is 0 Å². The van der Waals surface area contributed by atoms with Crippen LogP contribution in [-0.2, 0) is 14.2 Å².